The zero-order chi connectivity index (χ0) is 19.6. The van der Waals surface area contributed by atoms with Crippen LogP contribution in [0.2, 0.25) is 0 Å². The van der Waals surface area contributed by atoms with E-state index in [2.05, 4.69) is 11.1 Å². The van der Waals surface area contributed by atoms with Gasteiger partial charge in [-0.15, -0.1) is 0 Å². The van der Waals surface area contributed by atoms with Crippen LogP contribution in [-0.2, 0) is 16.5 Å². The van der Waals surface area contributed by atoms with Gasteiger partial charge in [-0.25, -0.2) is 0 Å². The highest BCUT2D eigenvalue weighted by Gasteiger charge is 2.54. The van der Waals surface area contributed by atoms with Gasteiger partial charge in [-0.05, 0) is 85.0 Å². The van der Waals surface area contributed by atoms with Gasteiger partial charge in [0.05, 0.1) is 6.10 Å². The fourth-order valence-electron chi connectivity index (χ4n) is 5.76. The van der Waals surface area contributed by atoms with Crippen LogP contribution in [0.3, 0.4) is 0 Å². The monoisotopic (exact) mass is 404 g/mol. The summed E-state index contributed by atoms with van der Waals surface area (Å²) in [5.74, 6) is 0.937. The maximum atomic E-state index is 12.5. The van der Waals surface area contributed by atoms with Gasteiger partial charge >= 0.3 is 15.6 Å². The summed E-state index contributed by atoms with van der Waals surface area (Å²) in [7, 11) is -5.65. The van der Waals surface area contributed by atoms with E-state index in [0.29, 0.717) is 24.2 Å². The zero-order valence-electron chi connectivity index (χ0n) is 15.0. The smallest absolute Gasteiger partial charge is 0.393 e. The Hall–Kier alpha value is -1.28. The largest absolute Gasteiger partial charge is 0.534 e. The highest BCUT2D eigenvalue weighted by Crippen LogP contribution is 2.60. The molecule has 0 heterocycles. The van der Waals surface area contributed by atoms with E-state index in [1.165, 1.54) is 12.1 Å². The first-order chi connectivity index (χ1) is 12.5. The number of aliphatic hydroxyl groups is 1. The number of halogens is 3. The molecule has 2 saturated carbocycles. The van der Waals surface area contributed by atoms with Crippen LogP contribution < -0.4 is 4.18 Å². The number of hydrogen-bond donors (Lipinski definition) is 1. The van der Waals surface area contributed by atoms with Crippen LogP contribution in [0.4, 0.5) is 13.2 Å². The van der Waals surface area contributed by atoms with Crippen LogP contribution in [0.5, 0.6) is 5.75 Å². The summed E-state index contributed by atoms with van der Waals surface area (Å²) in [5, 5.41) is 10.4. The van der Waals surface area contributed by atoms with Gasteiger partial charge in [0, 0.05) is 0 Å². The van der Waals surface area contributed by atoms with Crippen molar-refractivity contribution in [2.24, 2.45) is 17.3 Å². The van der Waals surface area contributed by atoms with Gasteiger partial charge in [0.1, 0.15) is 5.75 Å². The number of fused-ring (bicyclic) bond motifs is 5. The lowest BCUT2D eigenvalue weighted by atomic mass is 9.55. The molecule has 0 saturated heterocycles. The number of aryl methyl sites for hydroxylation is 1. The van der Waals surface area contributed by atoms with E-state index >= 15 is 0 Å². The Balaban J connectivity index is 1.60. The number of alkyl halides is 3. The lowest BCUT2D eigenvalue weighted by molar-refractivity contribution is -0.0500. The topological polar surface area (TPSA) is 63.6 Å². The second-order valence-corrected chi connectivity index (χ2v) is 9.93. The predicted molar refractivity (Wildman–Crippen MR) is 92.7 cm³/mol. The van der Waals surface area contributed by atoms with Crippen molar-refractivity contribution in [2.45, 2.75) is 63.0 Å². The second kappa shape index (κ2) is 6.11. The van der Waals surface area contributed by atoms with Gasteiger partial charge in [-0.3, -0.25) is 0 Å². The molecule has 150 valence electrons. The molecule has 1 aromatic carbocycles. The normalized spacial score (nSPS) is 35.9. The van der Waals surface area contributed by atoms with E-state index in [0.717, 1.165) is 43.2 Å². The van der Waals surface area contributed by atoms with E-state index in [1.807, 2.05) is 0 Å². The van der Waals surface area contributed by atoms with Crippen molar-refractivity contribution in [3.05, 3.63) is 29.3 Å². The van der Waals surface area contributed by atoms with Crippen LogP contribution in [0, 0.1) is 17.3 Å². The fraction of sp³-hybridized carbons (Fsp3) is 0.684. The Morgan fingerprint density at radius 2 is 1.93 bits per heavy atom. The Morgan fingerprint density at radius 1 is 1.19 bits per heavy atom. The molecule has 0 bridgehead atoms. The molecule has 0 aliphatic heterocycles. The summed E-state index contributed by atoms with van der Waals surface area (Å²) in [6, 6.07) is 4.48. The van der Waals surface area contributed by atoms with Crippen LogP contribution in [-0.4, -0.2) is 25.1 Å². The van der Waals surface area contributed by atoms with E-state index in [9.17, 15) is 26.7 Å². The van der Waals surface area contributed by atoms with Crippen molar-refractivity contribution in [1.82, 2.24) is 0 Å². The molecule has 4 rings (SSSR count). The number of benzene rings is 1. The molecule has 0 amide bonds. The second-order valence-electron chi connectivity index (χ2n) is 8.40. The van der Waals surface area contributed by atoms with Gasteiger partial charge in [0.15, 0.2) is 0 Å². The third-order valence-electron chi connectivity index (χ3n) is 7.14. The minimum atomic E-state index is -5.65. The van der Waals surface area contributed by atoms with Gasteiger partial charge in [0.25, 0.3) is 0 Å². The molecular formula is C19H23F3O4S. The van der Waals surface area contributed by atoms with E-state index in [-0.39, 0.29) is 17.3 Å². The quantitative estimate of drug-likeness (QED) is 0.595. The Kier molecular flexibility index (Phi) is 4.31. The first-order valence-electron chi connectivity index (χ1n) is 9.34. The molecule has 5 atom stereocenters. The maximum absolute atomic E-state index is 12.5. The van der Waals surface area contributed by atoms with E-state index in [1.54, 1.807) is 6.07 Å². The summed E-state index contributed by atoms with van der Waals surface area (Å²) in [6.07, 6.45) is 5.04. The van der Waals surface area contributed by atoms with Crippen molar-refractivity contribution in [1.29, 1.82) is 0 Å². The summed E-state index contributed by atoms with van der Waals surface area (Å²) < 4.78 is 64.4. The maximum Gasteiger partial charge on any atom is 0.534 e. The molecule has 0 spiro atoms. The summed E-state index contributed by atoms with van der Waals surface area (Å²) in [5.41, 5.74) is -3.52. The molecule has 27 heavy (non-hydrogen) atoms. The molecule has 1 N–H and O–H groups in total. The number of hydrogen-bond acceptors (Lipinski definition) is 4. The van der Waals surface area contributed by atoms with Crippen molar-refractivity contribution in [3.63, 3.8) is 0 Å². The first kappa shape index (κ1) is 19.1. The molecule has 4 nitrogen and oxygen atoms in total. The van der Waals surface area contributed by atoms with E-state index < -0.39 is 15.6 Å². The van der Waals surface area contributed by atoms with Crippen LogP contribution in [0.25, 0.3) is 0 Å². The van der Waals surface area contributed by atoms with Gasteiger partial charge in [-0.1, -0.05) is 13.0 Å². The average Bonchev–Trinajstić information content (AvgIpc) is 2.88. The molecular weight excluding hydrogens is 381 g/mol. The third kappa shape index (κ3) is 2.95. The Bertz CT molecular complexity index is 851. The van der Waals surface area contributed by atoms with Crippen molar-refractivity contribution >= 4 is 10.1 Å². The molecule has 3 aliphatic rings. The molecule has 3 aliphatic carbocycles. The van der Waals surface area contributed by atoms with Gasteiger partial charge in [-0.2, -0.15) is 21.6 Å². The number of aliphatic hydroxyl groups excluding tert-OH is 1. The molecule has 0 aromatic heterocycles. The van der Waals surface area contributed by atoms with Crippen LogP contribution >= 0.6 is 0 Å². The summed E-state index contributed by atoms with van der Waals surface area (Å²) in [4.78, 5) is 0. The van der Waals surface area contributed by atoms with Crippen LogP contribution in [0.1, 0.15) is 56.1 Å². The minimum Gasteiger partial charge on any atom is -0.393 e. The van der Waals surface area contributed by atoms with Gasteiger partial charge < -0.3 is 9.29 Å². The summed E-state index contributed by atoms with van der Waals surface area (Å²) in [6.45, 7) is 2.18. The molecule has 8 heteroatoms. The SMILES string of the molecule is C[C@]12CC[C@@H]3c4ccc(OS(=O)(=O)C(F)(F)F)cc4CC[C@H]3[C@@H]1CC[C@@H]2O. The zero-order valence-corrected chi connectivity index (χ0v) is 15.8. The fourth-order valence-corrected chi connectivity index (χ4v) is 6.21. The standard InChI is InChI=1S/C19H23F3O4S/c1-18-9-8-14-13-5-3-12(26-27(24,25)19(20,21)22)10-11(13)2-4-15(14)16(18)6-7-17(18)23/h3,5,10,14-17,23H,2,4,6-9H2,1H3/t14-,15-,16+,17+,18+/m1/s1. The van der Waals surface area contributed by atoms with E-state index in [4.69, 9.17) is 0 Å². The summed E-state index contributed by atoms with van der Waals surface area (Å²) >= 11 is 0. The van der Waals surface area contributed by atoms with Crippen molar-refractivity contribution in [2.75, 3.05) is 0 Å². The minimum absolute atomic E-state index is 0.0392. The molecule has 1 aromatic rings. The Labute approximate surface area is 156 Å². The Morgan fingerprint density at radius 3 is 2.63 bits per heavy atom. The van der Waals surface area contributed by atoms with Crippen LogP contribution in [0.15, 0.2) is 18.2 Å². The molecule has 2 fully saturated rings. The molecule has 0 unspecified atom stereocenters. The number of rotatable bonds is 2. The van der Waals surface area contributed by atoms with Gasteiger partial charge in [0.2, 0.25) is 0 Å². The van der Waals surface area contributed by atoms with Crippen molar-refractivity contribution in [3.8, 4) is 5.75 Å². The lowest BCUT2D eigenvalue weighted by Crippen LogP contribution is -2.43. The lowest BCUT2D eigenvalue weighted by Gasteiger charge is -2.50. The molecule has 0 radical (unpaired) electrons. The highest BCUT2D eigenvalue weighted by atomic mass is 32.2. The highest BCUT2D eigenvalue weighted by molar-refractivity contribution is 7.88. The van der Waals surface area contributed by atoms with Crippen molar-refractivity contribution < 1.29 is 30.9 Å². The average molecular weight is 404 g/mol. The first-order valence-corrected chi connectivity index (χ1v) is 10.8. The predicted octanol–water partition coefficient (Wildman–Crippen LogP) is 4.13. The third-order valence-corrected chi connectivity index (χ3v) is 8.12.